The molecule has 1 nitrogen and oxygen atoms in total. The summed E-state index contributed by atoms with van der Waals surface area (Å²) in [4.78, 5) is 0. The standard InChI is InChI=1S/C17H19F2N/c1-4-13-7-5-6-11(2)17(13)20-12(3)14-8-9-15(18)16(19)10-14/h5-10,12,20H,4H2,1-3H3. The van der Waals surface area contributed by atoms with Gasteiger partial charge in [0.25, 0.3) is 0 Å². The summed E-state index contributed by atoms with van der Waals surface area (Å²) in [5, 5.41) is 3.40. The molecular weight excluding hydrogens is 256 g/mol. The molecule has 1 atom stereocenters. The fourth-order valence-corrected chi connectivity index (χ4v) is 2.31. The number of anilines is 1. The summed E-state index contributed by atoms with van der Waals surface area (Å²) in [5.41, 5.74) is 4.18. The predicted molar refractivity (Wildman–Crippen MR) is 79.0 cm³/mol. The van der Waals surface area contributed by atoms with Crippen LogP contribution in [-0.4, -0.2) is 0 Å². The van der Waals surface area contributed by atoms with Crippen LogP contribution in [0.3, 0.4) is 0 Å². The van der Waals surface area contributed by atoms with Crippen LogP contribution in [0.1, 0.15) is 36.6 Å². The predicted octanol–water partition coefficient (Wildman–Crippen LogP) is 5.01. The van der Waals surface area contributed by atoms with Crippen LogP contribution in [0.2, 0.25) is 0 Å². The van der Waals surface area contributed by atoms with E-state index in [9.17, 15) is 8.78 Å². The summed E-state index contributed by atoms with van der Waals surface area (Å²) in [6.45, 7) is 6.08. The zero-order valence-electron chi connectivity index (χ0n) is 12.0. The van der Waals surface area contributed by atoms with E-state index in [-0.39, 0.29) is 6.04 Å². The number of halogens is 2. The Morgan fingerprint density at radius 1 is 1.10 bits per heavy atom. The number of aryl methyl sites for hydroxylation is 2. The minimum atomic E-state index is -0.814. The highest BCUT2D eigenvalue weighted by Crippen LogP contribution is 2.26. The molecule has 0 radical (unpaired) electrons. The Morgan fingerprint density at radius 3 is 2.50 bits per heavy atom. The van der Waals surface area contributed by atoms with Gasteiger partial charge in [-0.25, -0.2) is 8.78 Å². The first-order valence-corrected chi connectivity index (χ1v) is 6.83. The van der Waals surface area contributed by atoms with Crippen LogP contribution in [0.4, 0.5) is 14.5 Å². The van der Waals surface area contributed by atoms with Crippen molar-refractivity contribution in [3.05, 3.63) is 64.7 Å². The summed E-state index contributed by atoms with van der Waals surface area (Å²) in [7, 11) is 0. The Hall–Kier alpha value is -1.90. The lowest BCUT2D eigenvalue weighted by molar-refractivity contribution is 0.506. The molecule has 2 rings (SSSR count). The zero-order valence-corrected chi connectivity index (χ0v) is 12.0. The van der Waals surface area contributed by atoms with Crippen molar-refractivity contribution in [2.24, 2.45) is 0 Å². The number of para-hydroxylation sites is 1. The molecule has 0 amide bonds. The summed E-state index contributed by atoms with van der Waals surface area (Å²) < 4.78 is 26.3. The second-order valence-electron chi connectivity index (χ2n) is 5.00. The normalized spacial score (nSPS) is 12.2. The SMILES string of the molecule is CCc1cccc(C)c1NC(C)c1ccc(F)c(F)c1. The maximum atomic E-state index is 13.3. The molecule has 0 aliphatic rings. The van der Waals surface area contributed by atoms with Crippen LogP contribution in [0.15, 0.2) is 36.4 Å². The quantitative estimate of drug-likeness (QED) is 0.827. The Balaban J connectivity index is 2.27. The Kier molecular flexibility index (Phi) is 4.38. The van der Waals surface area contributed by atoms with E-state index in [1.54, 1.807) is 6.07 Å². The van der Waals surface area contributed by atoms with Crippen LogP contribution >= 0.6 is 0 Å². The molecule has 0 aliphatic carbocycles. The van der Waals surface area contributed by atoms with Crippen molar-refractivity contribution in [2.45, 2.75) is 33.2 Å². The number of rotatable bonds is 4. The van der Waals surface area contributed by atoms with Gasteiger partial charge in [0.2, 0.25) is 0 Å². The average Bonchev–Trinajstić information content (AvgIpc) is 2.44. The molecule has 0 spiro atoms. The number of hydrogen-bond acceptors (Lipinski definition) is 1. The van der Waals surface area contributed by atoms with Crippen molar-refractivity contribution in [2.75, 3.05) is 5.32 Å². The van der Waals surface area contributed by atoms with Gasteiger partial charge >= 0.3 is 0 Å². The highest BCUT2D eigenvalue weighted by atomic mass is 19.2. The molecule has 0 saturated carbocycles. The van der Waals surface area contributed by atoms with Crippen molar-refractivity contribution < 1.29 is 8.78 Å². The van der Waals surface area contributed by atoms with Crippen LogP contribution in [0.5, 0.6) is 0 Å². The van der Waals surface area contributed by atoms with Gasteiger partial charge in [0.15, 0.2) is 11.6 Å². The lowest BCUT2D eigenvalue weighted by atomic mass is 10.0. The highest BCUT2D eigenvalue weighted by molar-refractivity contribution is 5.58. The van der Waals surface area contributed by atoms with E-state index < -0.39 is 11.6 Å². The molecule has 0 aliphatic heterocycles. The average molecular weight is 275 g/mol. The van der Waals surface area contributed by atoms with E-state index >= 15 is 0 Å². The Labute approximate surface area is 118 Å². The minimum Gasteiger partial charge on any atom is -0.378 e. The van der Waals surface area contributed by atoms with E-state index in [2.05, 4.69) is 18.3 Å². The van der Waals surface area contributed by atoms with Crippen LogP contribution in [0.25, 0.3) is 0 Å². The molecule has 2 aromatic carbocycles. The molecule has 3 heteroatoms. The zero-order chi connectivity index (χ0) is 14.7. The first-order chi connectivity index (χ1) is 9.52. The molecule has 20 heavy (non-hydrogen) atoms. The maximum absolute atomic E-state index is 13.3. The van der Waals surface area contributed by atoms with Crippen LogP contribution in [-0.2, 0) is 6.42 Å². The Morgan fingerprint density at radius 2 is 1.85 bits per heavy atom. The third-order valence-electron chi connectivity index (χ3n) is 3.54. The number of hydrogen-bond donors (Lipinski definition) is 1. The van der Waals surface area contributed by atoms with Crippen LogP contribution in [0, 0.1) is 18.6 Å². The van der Waals surface area contributed by atoms with Crippen molar-refractivity contribution in [1.29, 1.82) is 0 Å². The second-order valence-corrected chi connectivity index (χ2v) is 5.00. The van der Waals surface area contributed by atoms with Crippen molar-refractivity contribution >= 4 is 5.69 Å². The van der Waals surface area contributed by atoms with E-state index in [4.69, 9.17) is 0 Å². The van der Waals surface area contributed by atoms with Gasteiger partial charge in [-0.05, 0) is 49.1 Å². The molecule has 1 unspecified atom stereocenters. The lowest BCUT2D eigenvalue weighted by Gasteiger charge is -2.20. The van der Waals surface area contributed by atoms with E-state index in [1.807, 2.05) is 26.0 Å². The van der Waals surface area contributed by atoms with Gasteiger partial charge in [0.05, 0.1) is 0 Å². The Bertz CT molecular complexity index is 608. The first-order valence-electron chi connectivity index (χ1n) is 6.83. The summed E-state index contributed by atoms with van der Waals surface area (Å²) in [6.07, 6.45) is 0.925. The third kappa shape index (κ3) is 2.98. The van der Waals surface area contributed by atoms with Gasteiger partial charge in [-0.15, -0.1) is 0 Å². The molecule has 0 aromatic heterocycles. The number of nitrogens with one attached hydrogen (secondary N) is 1. The van der Waals surface area contributed by atoms with Gasteiger partial charge in [-0.2, -0.15) is 0 Å². The summed E-state index contributed by atoms with van der Waals surface area (Å²) in [5.74, 6) is -1.62. The van der Waals surface area contributed by atoms with Crippen molar-refractivity contribution in [3.8, 4) is 0 Å². The van der Waals surface area contributed by atoms with Gasteiger partial charge in [-0.1, -0.05) is 31.2 Å². The largest absolute Gasteiger partial charge is 0.378 e. The molecule has 106 valence electrons. The fourth-order valence-electron chi connectivity index (χ4n) is 2.31. The topological polar surface area (TPSA) is 12.0 Å². The first kappa shape index (κ1) is 14.5. The van der Waals surface area contributed by atoms with E-state index in [0.717, 1.165) is 23.2 Å². The smallest absolute Gasteiger partial charge is 0.159 e. The van der Waals surface area contributed by atoms with Gasteiger partial charge in [-0.3, -0.25) is 0 Å². The highest BCUT2D eigenvalue weighted by Gasteiger charge is 2.12. The monoisotopic (exact) mass is 275 g/mol. The summed E-state index contributed by atoms with van der Waals surface area (Å²) >= 11 is 0. The van der Waals surface area contributed by atoms with E-state index in [0.29, 0.717) is 0 Å². The lowest BCUT2D eigenvalue weighted by Crippen LogP contribution is -2.10. The second kappa shape index (κ2) is 6.04. The number of benzene rings is 2. The van der Waals surface area contributed by atoms with Crippen LogP contribution < -0.4 is 5.32 Å². The third-order valence-corrected chi connectivity index (χ3v) is 3.54. The van der Waals surface area contributed by atoms with E-state index in [1.165, 1.54) is 17.7 Å². The van der Waals surface area contributed by atoms with Gasteiger partial charge in [0.1, 0.15) is 0 Å². The fraction of sp³-hybridized carbons (Fsp3) is 0.294. The molecule has 0 heterocycles. The molecule has 0 fully saturated rings. The minimum absolute atomic E-state index is 0.0866. The molecule has 0 bridgehead atoms. The van der Waals surface area contributed by atoms with Gasteiger partial charge in [0, 0.05) is 11.7 Å². The van der Waals surface area contributed by atoms with Crippen molar-refractivity contribution in [1.82, 2.24) is 0 Å². The van der Waals surface area contributed by atoms with Crippen molar-refractivity contribution in [3.63, 3.8) is 0 Å². The molecular formula is C17H19F2N. The molecule has 1 N–H and O–H groups in total. The summed E-state index contributed by atoms with van der Waals surface area (Å²) in [6, 6.07) is 10.1. The maximum Gasteiger partial charge on any atom is 0.159 e. The molecule has 0 saturated heterocycles. The molecule has 2 aromatic rings. The van der Waals surface area contributed by atoms with Gasteiger partial charge < -0.3 is 5.32 Å².